The average Bonchev–Trinajstić information content (AvgIpc) is 2.49. The maximum absolute atomic E-state index is 11.5. The Labute approximate surface area is 98.2 Å². The first kappa shape index (κ1) is 12.7. The SMILES string of the molecule is COC(=O)C(C)=CCn1c(C)c(C)sc1=O. The second-order valence-corrected chi connectivity index (χ2v) is 4.66. The molecular formula is C11H15NO3S. The molecule has 1 aromatic rings. The number of allylic oxidation sites excluding steroid dienone is 1. The van der Waals surface area contributed by atoms with Gasteiger partial charge < -0.3 is 4.74 Å². The summed E-state index contributed by atoms with van der Waals surface area (Å²) in [6.45, 7) is 5.89. The van der Waals surface area contributed by atoms with Crippen LogP contribution in [0.4, 0.5) is 0 Å². The van der Waals surface area contributed by atoms with Crippen molar-refractivity contribution >= 4 is 17.3 Å². The van der Waals surface area contributed by atoms with E-state index in [0.717, 1.165) is 10.6 Å². The molecule has 0 atom stereocenters. The van der Waals surface area contributed by atoms with E-state index >= 15 is 0 Å². The number of aromatic nitrogens is 1. The third-order valence-corrected chi connectivity index (χ3v) is 3.46. The van der Waals surface area contributed by atoms with Crippen molar-refractivity contribution in [3.63, 3.8) is 0 Å². The molecule has 0 spiro atoms. The minimum Gasteiger partial charge on any atom is -0.466 e. The summed E-state index contributed by atoms with van der Waals surface area (Å²) < 4.78 is 6.22. The summed E-state index contributed by atoms with van der Waals surface area (Å²) in [7, 11) is 1.34. The van der Waals surface area contributed by atoms with Gasteiger partial charge in [0.15, 0.2) is 0 Å². The Hall–Kier alpha value is -1.36. The second-order valence-electron chi connectivity index (χ2n) is 3.50. The fraction of sp³-hybridized carbons (Fsp3) is 0.455. The molecule has 1 rings (SSSR count). The van der Waals surface area contributed by atoms with Gasteiger partial charge in [0.1, 0.15) is 0 Å². The van der Waals surface area contributed by atoms with Crippen LogP contribution in [0.2, 0.25) is 0 Å². The standard InChI is InChI=1S/C11H15NO3S/c1-7(10(13)15-4)5-6-12-8(2)9(3)16-11(12)14/h5H,6H2,1-4H3. The first-order chi connectivity index (χ1) is 7.47. The summed E-state index contributed by atoms with van der Waals surface area (Å²) in [4.78, 5) is 23.7. The van der Waals surface area contributed by atoms with Gasteiger partial charge in [-0.25, -0.2) is 4.79 Å². The molecule has 1 heterocycles. The quantitative estimate of drug-likeness (QED) is 0.597. The third kappa shape index (κ3) is 2.61. The van der Waals surface area contributed by atoms with Gasteiger partial charge >= 0.3 is 10.8 Å². The van der Waals surface area contributed by atoms with Crippen molar-refractivity contribution in [1.82, 2.24) is 4.57 Å². The Morgan fingerprint density at radius 3 is 2.56 bits per heavy atom. The van der Waals surface area contributed by atoms with Crippen molar-refractivity contribution < 1.29 is 9.53 Å². The lowest BCUT2D eigenvalue weighted by Crippen LogP contribution is -2.14. The Balaban J connectivity index is 2.90. The number of hydrogen-bond donors (Lipinski definition) is 0. The normalized spacial score (nSPS) is 11.6. The number of rotatable bonds is 3. The summed E-state index contributed by atoms with van der Waals surface area (Å²) >= 11 is 1.22. The lowest BCUT2D eigenvalue weighted by atomic mass is 10.3. The van der Waals surface area contributed by atoms with Gasteiger partial charge in [0.05, 0.1) is 7.11 Å². The summed E-state index contributed by atoms with van der Waals surface area (Å²) in [5, 5.41) is 0. The van der Waals surface area contributed by atoms with E-state index < -0.39 is 0 Å². The van der Waals surface area contributed by atoms with Crippen LogP contribution in [0.25, 0.3) is 0 Å². The van der Waals surface area contributed by atoms with E-state index in [4.69, 9.17) is 0 Å². The van der Waals surface area contributed by atoms with Crippen molar-refractivity contribution in [1.29, 1.82) is 0 Å². The molecule has 0 aliphatic rings. The molecule has 88 valence electrons. The summed E-state index contributed by atoms with van der Waals surface area (Å²) in [6, 6.07) is 0. The van der Waals surface area contributed by atoms with Crippen molar-refractivity contribution in [2.24, 2.45) is 0 Å². The molecule has 0 aliphatic carbocycles. The monoisotopic (exact) mass is 241 g/mol. The fourth-order valence-corrected chi connectivity index (χ4v) is 2.11. The van der Waals surface area contributed by atoms with Gasteiger partial charge in [0.2, 0.25) is 0 Å². The first-order valence-corrected chi connectivity index (χ1v) is 5.71. The number of nitrogens with zero attached hydrogens (tertiary/aromatic N) is 1. The Bertz CT molecular complexity index is 482. The zero-order valence-electron chi connectivity index (χ0n) is 9.86. The third-order valence-electron chi connectivity index (χ3n) is 2.46. The van der Waals surface area contributed by atoms with Gasteiger partial charge in [-0.15, -0.1) is 0 Å². The largest absolute Gasteiger partial charge is 0.466 e. The minimum atomic E-state index is -0.363. The molecule has 5 heteroatoms. The van der Waals surface area contributed by atoms with Crippen LogP contribution in [0.3, 0.4) is 0 Å². The molecule has 1 aromatic heterocycles. The number of ether oxygens (including phenoxy) is 1. The first-order valence-electron chi connectivity index (χ1n) is 4.89. The molecule has 0 radical (unpaired) electrons. The molecule has 0 saturated carbocycles. The van der Waals surface area contributed by atoms with E-state index in [1.165, 1.54) is 18.4 Å². The van der Waals surface area contributed by atoms with Gasteiger partial charge in [-0.1, -0.05) is 17.4 Å². The Morgan fingerprint density at radius 1 is 1.50 bits per heavy atom. The maximum atomic E-state index is 11.5. The molecule has 0 N–H and O–H groups in total. The Morgan fingerprint density at radius 2 is 2.12 bits per heavy atom. The molecule has 0 aliphatic heterocycles. The van der Waals surface area contributed by atoms with Crippen LogP contribution in [-0.4, -0.2) is 17.6 Å². The molecule has 16 heavy (non-hydrogen) atoms. The van der Waals surface area contributed by atoms with E-state index in [2.05, 4.69) is 4.74 Å². The topological polar surface area (TPSA) is 48.3 Å². The number of thiazole rings is 1. The highest BCUT2D eigenvalue weighted by Crippen LogP contribution is 2.09. The fourth-order valence-electron chi connectivity index (χ4n) is 1.27. The molecule has 0 bridgehead atoms. The number of methoxy groups -OCH3 is 1. The van der Waals surface area contributed by atoms with E-state index in [1.54, 1.807) is 17.6 Å². The van der Waals surface area contributed by atoms with Crippen molar-refractivity contribution in [2.45, 2.75) is 27.3 Å². The van der Waals surface area contributed by atoms with Gasteiger partial charge in [-0.05, 0) is 20.8 Å². The van der Waals surface area contributed by atoms with Crippen LogP contribution in [0, 0.1) is 13.8 Å². The molecule has 0 aromatic carbocycles. The van der Waals surface area contributed by atoms with Crippen LogP contribution in [0.15, 0.2) is 16.4 Å². The summed E-state index contributed by atoms with van der Waals surface area (Å²) in [6.07, 6.45) is 1.70. The highest BCUT2D eigenvalue weighted by atomic mass is 32.1. The predicted molar refractivity (Wildman–Crippen MR) is 63.8 cm³/mol. The lowest BCUT2D eigenvalue weighted by molar-refractivity contribution is -0.136. The molecular weight excluding hydrogens is 226 g/mol. The zero-order chi connectivity index (χ0) is 12.3. The number of aryl methyl sites for hydroxylation is 1. The summed E-state index contributed by atoms with van der Waals surface area (Å²) in [5.74, 6) is -0.363. The molecule has 0 saturated heterocycles. The molecule has 0 fully saturated rings. The zero-order valence-corrected chi connectivity index (χ0v) is 10.7. The van der Waals surface area contributed by atoms with E-state index in [0.29, 0.717) is 12.1 Å². The van der Waals surface area contributed by atoms with Crippen molar-refractivity contribution in [3.05, 3.63) is 31.9 Å². The lowest BCUT2D eigenvalue weighted by Gasteiger charge is -2.02. The Kier molecular flexibility index (Phi) is 4.06. The van der Waals surface area contributed by atoms with Gasteiger partial charge in [0.25, 0.3) is 0 Å². The molecule has 0 amide bonds. The number of esters is 1. The van der Waals surface area contributed by atoms with Crippen LogP contribution in [0.5, 0.6) is 0 Å². The number of hydrogen-bond acceptors (Lipinski definition) is 4. The van der Waals surface area contributed by atoms with E-state index in [-0.39, 0.29) is 10.8 Å². The van der Waals surface area contributed by atoms with Gasteiger partial charge in [-0.3, -0.25) is 9.36 Å². The highest BCUT2D eigenvalue weighted by molar-refractivity contribution is 7.09. The maximum Gasteiger partial charge on any atom is 0.333 e. The van der Waals surface area contributed by atoms with Crippen LogP contribution < -0.4 is 4.87 Å². The predicted octanol–water partition coefficient (Wildman–Crippen LogP) is 1.65. The van der Waals surface area contributed by atoms with Crippen LogP contribution >= 0.6 is 11.3 Å². The van der Waals surface area contributed by atoms with Crippen molar-refractivity contribution in [2.75, 3.05) is 7.11 Å². The highest BCUT2D eigenvalue weighted by Gasteiger charge is 2.07. The van der Waals surface area contributed by atoms with Crippen molar-refractivity contribution in [3.8, 4) is 0 Å². The average molecular weight is 241 g/mol. The summed E-state index contributed by atoms with van der Waals surface area (Å²) in [5.41, 5.74) is 1.46. The molecule has 0 unspecified atom stereocenters. The van der Waals surface area contributed by atoms with E-state index in [9.17, 15) is 9.59 Å². The number of carbonyl (C=O) groups is 1. The van der Waals surface area contributed by atoms with Crippen LogP contribution in [-0.2, 0) is 16.1 Å². The van der Waals surface area contributed by atoms with Gasteiger partial charge in [0, 0.05) is 22.7 Å². The number of carbonyl (C=O) groups excluding carboxylic acids is 1. The molecule has 4 nitrogen and oxygen atoms in total. The minimum absolute atomic E-state index is 0.00363. The van der Waals surface area contributed by atoms with E-state index in [1.807, 2.05) is 13.8 Å². The second kappa shape index (κ2) is 5.12. The van der Waals surface area contributed by atoms with Crippen LogP contribution in [0.1, 0.15) is 17.5 Å². The van der Waals surface area contributed by atoms with Gasteiger partial charge in [-0.2, -0.15) is 0 Å². The smallest absolute Gasteiger partial charge is 0.333 e.